The van der Waals surface area contributed by atoms with Gasteiger partial charge in [-0.05, 0) is 52.4 Å². The Morgan fingerprint density at radius 2 is 0.917 bits per heavy atom. The number of hydrogen-bond acceptors (Lipinski definition) is 4. The van der Waals surface area contributed by atoms with Gasteiger partial charge in [0.1, 0.15) is 0 Å². The van der Waals surface area contributed by atoms with E-state index in [0.29, 0.717) is 31.7 Å². The average Bonchev–Trinajstić information content (AvgIpc) is 2.47. The fourth-order valence-electron chi connectivity index (χ4n) is 2.28. The summed E-state index contributed by atoms with van der Waals surface area (Å²) in [7, 11) is 0. The summed E-state index contributed by atoms with van der Waals surface area (Å²) in [6.45, 7) is 19.7. The van der Waals surface area contributed by atoms with Crippen molar-refractivity contribution in [3.8, 4) is 0 Å². The van der Waals surface area contributed by atoms with Crippen molar-refractivity contribution in [3.63, 3.8) is 0 Å². The third-order valence-corrected chi connectivity index (χ3v) is 3.75. The fraction of sp³-hybridized carbons (Fsp3) is 1.00. The summed E-state index contributed by atoms with van der Waals surface area (Å²) in [5.74, 6) is 1.34. The SMILES string of the molecule is CC(C)CCOC(C)COC(C)COC(C)COC(C)CC(C)C. The van der Waals surface area contributed by atoms with E-state index in [1.807, 2.05) is 13.8 Å². The first kappa shape index (κ1) is 23.8. The molecular formula is C20H42O4. The molecule has 4 atom stereocenters. The van der Waals surface area contributed by atoms with E-state index in [-0.39, 0.29) is 24.4 Å². The van der Waals surface area contributed by atoms with E-state index >= 15 is 0 Å². The van der Waals surface area contributed by atoms with E-state index < -0.39 is 0 Å². The highest BCUT2D eigenvalue weighted by molar-refractivity contribution is 4.58. The largest absolute Gasteiger partial charge is 0.376 e. The van der Waals surface area contributed by atoms with Crippen molar-refractivity contribution in [2.45, 2.75) is 92.6 Å². The third-order valence-electron chi connectivity index (χ3n) is 3.75. The van der Waals surface area contributed by atoms with Gasteiger partial charge in [-0.25, -0.2) is 0 Å². The molecule has 0 saturated carbocycles. The molecule has 0 radical (unpaired) electrons. The minimum absolute atomic E-state index is 0.0664. The van der Waals surface area contributed by atoms with Crippen LogP contribution in [0.3, 0.4) is 0 Å². The molecule has 146 valence electrons. The topological polar surface area (TPSA) is 36.9 Å². The molecule has 24 heavy (non-hydrogen) atoms. The summed E-state index contributed by atoms with van der Waals surface area (Å²) >= 11 is 0. The van der Waals surface area contributed by atoms with Crippen LogP contribution in [0.15, 0.2) is 0 Å². The maximum Gasteiger partial charge on any atom is 0.0781 e. The van der Waals surface area contributed by atoms with Crippen molar-refractivity contribution < 1.29 is 18.9 Å². The number of rotatable bonds is 15. The van der Waals surface area contributed by atoms with Crippen LogP contribution in [-0.2, 0) is 18.9 Å². The van der Waals surface area contributed by atoms with Crippen molar-refractivity contribution in [1.29, 1.82) is 0 Å². The minimum atomic E-state index is 0.0664. The van der Waals surface area contributed by atoms with Crippen LogP contribution < -0.4 is 0 Å². The van der Waals surface area contributed by atoms with Gasteiger partial charge in [-0.1, -0.05) is 27.7 Å². The van der Waals surface area contributed by atoms with Crippen LogP contribution in [0.1, 0.15) is 68.2 Å². The first-order valence-electron chi connectivity index (χ1n) is 9.67. The van der Waals surface area contributed by atoms with E-state index in [1.165, 1.54) is 0 Å². The predicted molar refractivity (Wildman–Crippen MR) is 101 cm³/mol. The second kappa shape index (κ2) is 14.1. The Morgan fingerprint density at radius 1 is 0.500 bits per heavy atom. The first-order valence-corrected chi connectivity index (χ1v) is 9.67. The van der Waals surface area contributed by atoms with E-state index in [4.69, 9.17) is 18.9 Å². The van der Waals surface area contributed by atoms with Gasteiger partial charge in [0.05, 0.1) is 44.2 Å². The molecule has 0 rings (SSSR count). The lowest BCUT2D eigenvalue weighted by Gasteiger charge is -2.22. The maximum absolute atomic E-state index is 5.82. The van der Waals surface area contributed by atoms with Crippen LogP contribution in [0, 0.1) is 11.8 Å². The lowest BCUT2D eigenvalue weighted by molar-refractivity contribution is -0.0872. The van der Waals surface area contributed by atoms with Crippen molar-refractivity contribution in [2.75, 3.05) is 26.4 Å². The van der Waals surface area contributed by atoms with Crippen LogP contribution in [0.2, 0.25) is 0 Å². The Balaban J connectivity index is 3.67. The van der Waals surface area contributed by atoms with Crippen LogP contribution in [0.4, 0.5) is 0 Å². The number of hydrogen-bond donors (Lipinski definition) is 0. The van der Waals surface area contributed by atoms with E-state index in [9.17, 15) is 0 Å². The number of ether oxygens (including phenoxy) is 4. The monoisotopic (exact) mass is 346 g/mol. The van der Waals surface area contributed by atoms with E-state index in [2.05, 4.69) is 41.5 Å². The summed E-state index contributed by atoms with van der Waals surface area (Å²) in [5.41, 5.74) is 0. The highest BCUT2D eigenvalue weighted by atomic mass is 16.6. The minimum Gasteiger partial charge on any atom is -0.376 e. The first-order chi connectivity index (χ1) is 11.2. The molecule has 0 saturated heterocycles. The zero-order valence-electron chi connectivity index (χ0n) is 17.3. The molecular weight excluding hydrogens is 304 g/mol. The quantitative estimate of drug-likeness (QED) is 0.431. The fourth-order valence-corrected chi connectivity index (χ4v) is 2.28. The molecule has 0 heterocycles. The van der Waals surface area contributed by atoms with E-state index in [0.717, 1.165) is 19.4 Å². The second-order valence-corrected chi connectivity index (χ2v) is 7.93. The molecule has 0 spiro atoms. The summed E-state index contributed by atoms with van der Waals surface area (Å²) < 4.78 is 23.2. The average molecular weight is 347 g/mol. The van der Waals surface area contributed by atoms with Crippen molar-refractivity contribution >= 4 is 0 Å². The van der Waals surface area contributed by atoms with E-state index in [1.54, 1.807) is 0 Å². The second-order valence-electron chi connectivity index (χ2n) is 7.93. The molecule has 4 unspecified atom stereocenters. The van der Waals surface area contributed by atoms with Gasteiger partial charge in [0.2, 0.25) is 0 Å². The molecule has 0 fully saturated rings. The lowest BCUT2D eigenvalue weighted by atomic mass is 10.1. The molecule has 0 bridgehead atoms. The molecule has 0 amide bonds. The summed E-state index contributed by atoms with van der Waals surface area (Å²) in [6, 6.07) is 0. The van der Waals surface area contributed by atoms with Crippen molar-refractivity contribution in [1.82, 2.24) is 0 Å². The maximum atomic E-state index is 5.82. The normalized spacial score (nSPS) is 17.2. The molecule has 4 nitrogen and oxygen atoms in total. The Labute approximate surface area is 150 Å². The lowest BCUT2D eigenvalue weighted by Crippen LogP contribution is -2.27. The van der Waals surface area contributed by atoms with Gasteiger partial charge in [-0.3, -0.25) is 0 Å². The Bertz CT molecular complexity index is 281. The third kappa shape index (κ3) is 15.4. The van der Waals surface area contributed by atoms with Crippen LogP contribution in [-0.4, -0.2) is 50.8 Å². The van der Waals surface area contributed by atoms with Crippen molar-refractivity contribution in [3.05, 3.63) is 0 Å². The molecule has 4 heteroatoms. The van der Waals surface area contributed by atoms with Gasteiger partial charge in [0.25, 0.3) is 0 Å². The van der Waals surface area contributed by atoms with Gasteiger partial charge in [-0.2, -0.15) is 0 Å². The molecule has 0 aromatic heterocycles. The molecule has 0 aromatic rings. The smallest absolute Gasteiger partial charge is 0.0781 e. The van der Waals surface area contributed by atoms with Gasteiger partial charge < -0.3 is 18.9 Å². The molecule has 0 aliphatic carbocycles. The van der Waals surface area contributed by atoms with Gasteiger partial charge in [-0.15, -0.1) is 0 Å². The van der Waals surface area contributed by atoms with Crippen LogP contribution in [0.25, 0.3) is 0 Å². The standard InChI is InChI=1S/C20H42O4/c1-15(2)9-10-21-18(6)12-23-20(8)14-24-19(7)13-22-17(5)11-16(3)4/h15-20H,9-14H2,1-8H3. The predicted octanol–water partition coefficient (Wildman–Crippen LogP) is 4.70. The Hall–Kier alpha value is -0.160. The van der Waals surface area contributed by atoms with Gasteiger partial charge in [0.15, 0.2) is 0 Å². The van der Waals surface area contributed by atoms with Gasteiger partial charge in [0, 0.05) is 6.61 Å². The van der Waals surface area contributed by atoms with Crippen LogP contribution >= 0.6 is 0 Å². The highest BCUT2D eigenvalue weighted by Gasteiger charge is 2.12. The Kier molecular flexibility index (Phi) is 14.0. The molecule has 0 aromatic carbocycles. The highest BCUT2D eigenvalue weighted by Crippen LogP contribution is 2.09. The summed E-state index contributed by atoms with van der Waals surface area (Å²) in [5, 5.41) is 0. The molecule has 0 aliphatic heterocycles. The zero-order valence-corrected chi connectivity index (χ0v) is 17.3. The van der Waals surface area contributed by atoms with Crippen molar-refractivity contribution in [2.24, 2.45) is 11.8 Å². The molecule has 0 N–H and O–H groups in total. The summed E-state index contributed by atoms with van der Waals surface area (Å²) in [4.78, 5) is 0. The molecule has 0 aliphatic rings. The Morgan fingerprint density at radius 3 is 1.33 bits per heavy atom. The van der Waals surface area contributed by atoms with Gasteiger partial charge >= 0.3 is 0 Å². The zero-order chi connectivity index (χ0) is 18.5. The summed E-state index contributed by atoms with van der Waals surface area (Å²) in [6.07, 6.45) is 2.75. The van der Waals surface area contributed by atoms with Crippen LogP contribution in [0.5, 0.6) is 0 Å².